The van der Waals surface area contributed by atoms with Crippen molar-refractivity contribution >= 4 is 11.5 Å². The van der Waals surface area contributed by atoms with Crippen LogP contribution in [0.3, 0.4) is 0 Å². The summed E-state index contributed by atoms with van der Waals surface area (Å²) in [6, 6.07) is 4.30. The van der Waals surface area contributed by atoms with Crippen LogP contribution in [0.4, 0.5) is 0 Å². The Balaban J connectivity index is 1.81. The summed E-state index contributed by atoms with van der Waals surface area (Å²) in [5, 5.41) is 0. The quantitative estimate of drug-likeness (QED) is 0.814. The summed E-state index contributed by atoms with van der Waals surface area (Å²) in [5.41, 5.74) is 1.58. The number of rotatable bonds is 4. The minimum atomic E-state index is -0.310. The van der Waals surface area contributed by atoms with E-state index in [1.807, 2.05) is 22.9 Å². The molecule has 5 nitrogen and oxygen atoms in total. The van der Waals surface area contributed by atoms with Gasteiger partial charge in [-0.25, -0.2) is 9.78 Å². The Hall–Kier alpha value is -1.88. The lowest BCUT2D eigenvalue weighted by Crippen LogP contribution is -2.40. The monoisotopic (exact) mass is 315 g/mol. The summed E-state index contributed by atoms with van der Waals surface area (Å²) in [5.74, 6) is 1.34. The first kappa shape index (κ1) is 16.0. The standard InChI is InChI=1S/C18H25N3O2/c1-13(2)20-8-4-5-14(11-20)9-17-19-10-16-7-6-15(12-21(16)17)18(22)23-3/h6-7,10,12-14H,4-5,8-9,11H2,1-3H3. The maximum Gasteiger partial charge on any atom is 0.339 e. The third-order valence-corrected chi connectivity index (χ3v) is 4.78. The molecule has 1 atom stereocenters. The number of fused-ring (bicyclic) bond motifs is 1. The average Bonchev–Trinajstić information content (AvgIpc) is 2.96. The number of esters is 1. The second kappa shape index (κ2) is 6.71. The minimum absolute atomic E-state index is 0.310. The second-order valence-corrected chi connectivity index (χ2v) is 6.68. The third-order valence-electron chi connectivity index (χ3n) is 4.78. The largest absolute Gasteiger partial charge is 0.465 e. The van der Waals surface area contributed by atoms with Crippen LogP contribution in [0, 0.1) is 5.92 Å². The summed E-state index contributed by atoms with van der Waals surface area (Å²) in [7, 11) is 1.41. The van der Waals surface area contributed by atoms with Gasteiger partial charge in [0.1, 0.15) is 5.82 Å². The fourth-order valence-electron chi connectivity index (χ4n) is 3.42. The number of hydrogen-bond acceptors (Lipinski definition) is 4. The first-order valence-electron chi connectivity index (χ1n) is 8.37. The maximum absolute atomic E-state index is 11.7. The zero-order valence-electron chi connectivity index (χ0n) is 14.2. The molecule has 1 aliphatic rings. The Morgan fingerprint density at radius 2 is 2.26 bits per heavy atom. The lowest BCUT2D eigenvalue weighted by atomic mass is 9.93. The van der Waals surface area contributed by atoms with Crippen LogP contribution in [-0.2, 0) is 11.2 Å². The van der Waals surface area contributed by atoms with E-state index in [1.165, 1.54) is 26.5 Å². The Morgan fingerprint density at radius 1 is 1.43 bits per heavy atom. The predicted molar refractivity (Wildman–Crippen MR) is 89.7 cm³/mol. The molecule has 0 N–H and O–H groups in total. The van der Waals surface area contributed by atoms with Gasteiger partial charge in [0.2, 0.25) is 0 Å². The lowest BCUT2D eigenvalue weighted by molar-refractivity contribution is 0.0600. The van der Waals surface area contributed by atoms with E-state index in [1.54, 1.807) is 6.07 Å². The molecule has 1 fully saturated rings. The van der Waals surface area contributed by atoms with Crippen molar-refractivity contribution in [3.8, 4) is 0 Å². The van der Waals surface area contributed by atoms with Gasteiger partial charge in [0.25, 0.3) is 0 Å². The number of piperidine rings is 1. The van der Waals surface area contributed by atoms with Gasteiger partial charge >= 0.3 is 5.97 Å². The summed E-state index contributed by atoms with van der Waals surface area (Å²) >= 11 is 0. The van der Waals surface area contributed by atoms with Crippen molar-refractivity contribution in [3.05, 3.63) is 35.9 Å². The Bertz CT molecular complexity index is 693. The number of methoxy groups -OCH3 is 1. The molecule has 2 aromatic rings. The van der Waals surface area contributed by atoms with Crippen LogP contribution in [0.15, 0.2) is 24.5 Å². The zero-order valence-corrected chi connectivity index (χ0v) is 14.2. The highest BCUT2D eigenvalue weighted by atomic mass is 16.5. The Morgan fingerprint density at radius 3 is 3.00 bits per heavy atom. The SMILES string of the molecule is COC(=O)c1ccc2cnc(CC3CCCN(C(C)C)C3)n2c1. The van der Waals surface area contributed by atoms with Crippen LogP contribution in [0.2, 0.25) is 0 Å². The van der Waals surface area contributed by atoms with E-state index in [2.05, 4.69) is 23.7 Å². The molecule has 3 heterocycles. The smallest absolute Gasteiger partial charge is 0.339 e. The van der Waals surface area contributed by atoms with Gasteiger partial charge in [0.05, 0.1) is 24.4 Å². The number of ether oxygens (including phenoxy) is 1. The summed E-state index contributed by atoms with van der Waals surface area (Å²) in [6.45, 7) is 6.85. The molecule has 0 bridgehead atoms. The van der Waals surface area contributed by atoms with Crippen molar-refractivity contribution in [3.63, 3.8) is 0 Å². The maximum atomic E-state index is 11.7. The van der Waals surface area contributed by atoms with Crippen LogP contribution in [0.25, 0.3) is 5.52 Å². The van der Waals surface area contributed by atoms with Gasteiger partial charge in [0.15, 0.2) is 0 Å². The molecule has 0 aliphatic carbocycles. The van der Waals surface area contributed by atoms with E-state index in [0.29, 0.717) is 17.5 Å². The molecular formula is C18H25N3O2. The van der Waals surface area contributed by atoms with Crippen molar-refractivity contribution in [1.29, 1.82) is 0 Å². The van der Waals surface area contributed by atoms with Crippen molar-refractivity contribution in [2.75, 3.05) is 20.2 Å². The molecule has 2 aromatic heterocycles. The van der Waals surface area contributed by atoms with Crippen LogP contribution in [0.1, 0.15) is 42.9 Å². The molecule has 1 unspecified atom stereocenters. The zero-order chi connectivity index (χ0) is 16.4. The van der Waals surface area contributed by atoms with Crippen LogP contribution in [-0.4, -0.2) is 46.5 Å². The molecule has 1 saturated heterocycles. The van der Waals surface area contributed by atoms with Crippen LogP contribution < -0.4 is 0 Å². The number of carbonyl (C=O) groups excluding carboxylic acids is 1. The molecule has 23 heavy (non-hydrogen) atoms. The summed E-state index contributed by atoms with van der Waals surface area (Å²) < 4.78 is 6.84. The number of aromatic nitrogens is 2. The molecule has 0 saturated carbocycles. The molecule has 124 valence electrons. The van der Waals surface area contributed by atoms with E-state index in [4.69, 9.17) is 4.74 Å². The number of imidazole rings is 1. The van der Waals surface area contributed by atoms with Gasteiger partial charge in [-0.2, -0.15) is 0 Å². The van der Waals surface area contributed by atoms with Gasteiger partial charge in [-0.15, -0.1) is 0 Å². The third kappa shape index (κ3) is 3.39. The molecular weight excluding hydrogens is 290 g/mol. The van der Waals surface area contributed by atoms with E-state index in [0.717, 1.165) is 24.3 Å². The Kier molecular flexibility index (Phi) is 4.66. The van der Waals surface area contributed by atoms with Crippen LogP contribution >= 0.6 is 0 Å². The van der Waals surface area contributed by atoms with Crippen molar-refractivity contribution in [2.45, 2.75) is 39.2 Å². The number of pyridine rings is 1. The Labute approximate surface area is 137 Å². The average molecular weight is 315 g/mol. The van der Waals surface area contributed by atoms with E-state index in [-0.39, 0.29) is 5.97 Å². The summed E-state index contributed by atoms with van der Waals surface area (Å²) in [6.07, 6.45) is 7.16. The minimum Gasteiger partial charge on any atom is -0.465 e. The molecule has 1 aliphatic heterocycles. The second-order valence-electron chi connectivity index (χ2n) is 6.68. The highest BCUT2D eigenvalue weighted by Crippen LogP contribution is 2.22. The first-order valence-corrected chi connectivity index (χ1v) is 8.37. The van der Waals surface area contributed by atoms with Crippen molar-refractivity contribution in [1.82, 2.24) is 14.3 Å². The van der Waals surface area contributed by atoms with Gasteiger partial charge < -0.3 is 14.0 Å². The summed E-state index contributed by atoms with van der Waals surface area (Å²) in [4.78, 5) is 18.9. The molecule has 5 heteroatoms. The fourth-order valence-corrected chi connectivity index (χ4v) is 3.42. The van der Waals surface area contributed by atoms with Gasteiger partial charge in [0, 0.05) is 25.2 Å². The number of nitrogens with zero attached hydrogens (tertiary/aromatic N) is 3. The molecule has 3 rings (SSSR count). The predicted octanol–water partition coefficient (Wildman–Crippen LogP) is 2.78. The van der Waals surface area contributed by atoms with Gasteiger partial charge in [-0.05, 0) is 51.3 Å². The van der Waals surface area contributed by atoms with Gasteiger partial charge in [-0.1, -0.05) is 0 Å². The molecule has 0 aromatic carbocycles. The van der Waals surface area contributed by atoms with E-state index >= 15 is 0 Å². The lowest BCUT2D eigenvalue weighted by Gasteiger charge is -2.35. The number of carbonyl (C=O) groups is 1. The van der Waals surface area contributed by atoms with E-state index < -0.39 is 0 Å². The molecule has 0 amide bonds. The number of hydrogen-bond donors (Lipinski definition) is 0. The van der Waals surface area contributed by atoms with Gasteiger partial charge in [-0.3, -0.25) is 0 Å². The fraction of sp³-hybridized carbons (Fsp3) is 0.556. The topological polar surface area (TPSA) is 46.8 Å². The molecule has 0 spiro atoms. The normalized spacial score (nSPS) is 19.4. The first-order chi connectivity index (χ1) is 11.1. The van der Waals surface area contributed by atoms with Crippen molar-refractivity contribution < 1.29 is 9.53 Å². The number of likely N-dealkylation sites (tertiary alicyclic amines) is 1. The highest BCUT2D eigenvalue weighted by Gasteiger charge is 2.23. The van der Waals surface area contributed by atoms with E-state index in [9.17, 15) is 4.79 Å². The van der Waals surface area contributed by atoms with Crippen LogP contribution in [0.5, 0.6) is 0 Å². The molecule has 0 radical (unpaired) electrons. The van der Waals surface area contributed by atoms with Crippen molar-refractivity contribution in [2.24, 2.45) is 5.92 Å². The highest BCUT2D eigenvalue weighted by molar-refractivity contribution is 5.89.